The minimum atomic E-state index is -0.116. The molecule has 0 saturated heterocycles. The third-order valence-electron chi connectivity index (χ3n) is 3.36. The Morgan fingerprint density at radius 1 is 1.43 bits per heavy atom. The number of carbonyl (C=O) groups excluding carboxylic acids is 1. The molecule has 0 unspecified atom stereocenters. The zero-order valence-corrected chi connectivity index (χ0v) is 12.3. The SMILES string of the molecule is CN(Cc1ncon1)C(=O)c1cc2ccc(Cl)cc2n1C. The first-order chi connectivity index (χ1) is 10.1. The summed E-state index contributed by atoms with van der Waals surface area (Å²) in [6.07, 6.45) is 1.24. The summed E-state index contributed by atoms with van der Waals surface area (Å²) in [5.74, 6) is 0.349. The summed E-state index contributed by atoms with van der Waals surface area (Å²) >= 11 is 6.00. The molecule has 0 bridgehead atoms. The predicted molar refractivity (Wildman–Crippen MR) is 78.0 cm³/mol. The number of benzene rings is 1. The van der Waals surface area contributed by atoms with Crippen molar-refractivity contribution in [3.63, 3.8) is 0 Å². The Kier molecular flexibility index (Phi) is 3.39. The third-order valence-corrected chi connectivity index (χ3v) is 3.59. The molecule has 0 spiro atoms. The highest BCUT2D eigenvalue weighted by molar-refractivity contribution is 6.31. The second-order valence-electron chi connectivity index (χ2n) is 4.80. The normalized spacial score (nSPS) is 11.0. The van der Waals surface area contributed by atoms with Crippen molar-refractivity contribution in [1.82, 2.24) is 19.6 Å². The molecule has 0 aliphatic carbocycles. The number of halogens is 1. The Labute approximate surface area is 125 Å². The van der Waals surface area contributed by atoms with Crippen LogP contribution in [-0.4, -0.2) is 32.6 Å². The van der Waals surface area contributed by atoms with Crippen LogP contribution in [0.2, 0.25) is 5.02 Å². The number of hydrogen-bond acceptors (Lipinski definition) is 4. The molecule has 3 aromatic rings. The fourth-order valence-corrected chi connectivity index (χ4v) is 2.42. The quantitative estimate of drug-likeness (QED) is 0.745. The molecule has 6 nitrogen and oxygen atoms in total. The number of fused-ring (bicyclic) bond motifs is 1. The Bertz CT molecular complexity index is 795. The Balaban J connectivity index is 1.92. The van der Waals surface area contributed by atoms with Gasteiger partial charge in [-0.3, -0.25) is 4.79 Å². The summed E-state index contributed by atoms with van der Waals surface area (Å²) in [4.78, 5) is 18.0. The van der Waals surface area contributed by atoms with Gasteiger partial charge in [0.05, 0.1) is 6.54 Å². The van der Waals surface area contributed by atoms with E-state index in [1.54, 1.807) is 18.0 Å². The van der Waals surface area contributed by atoms with Gasteiger partial charge in [-0.05, 0) is 18.2 Å². The van der Waals surface area contributed by atoms with Gasteiger partial charge in [-0.1, -0.05) is 22.8 Å². The Morgan fingerprint density at radius 2 is 2.24 bits per heavy atom. The molecule has 0 aliphatic rings. The van der Waals surface area contributed by atoms with Crippen molar-refractivity contribution >= 4 is 28.4 Å². The van der Waals surface area contributed by atoms with Crippen LogP contribution in [0.1, 0.15) is 16.3 Å². The standard InChI is InChI=1S/C14H13ClN4O2/c1-18(7-13-16-8-21-17-13)14(20)12-5-9-3-4-10(15)6-11(9)19(12)2/h3-6,8H,7H2,1-2H3. The van der Waals surface area contributed by atoms with E-state index in [4.69, 9.17) is 11.6 Å². The van der Waals surface area contributed by atoms with E-state index < -0.39 is 0 Å². The van der Waals surface area contributed by atoms with E-state index in [1.807, 2.05) is 29.8 Å². The molecule has 0 aliphatic heterocycles. The van der Waals surface area contributed by atoms with E-state index in [-0.39, 0.29) is 12.5 Å². The highest BCUT2D eigenvalue weighted by Gasteiger charge is 2.18. The van der Waals surface area contributed by atoms with Gasteiger partial charge in [0.25, 0.3) is 5.91 Å². The van der Waals surface area contributed by atoms with Crippen LogP contribution in [0.4, 0.5) is 0 Å². The summed E-state index contributed by atoms with van der Waals surface area (Å²) in [5, 5.41) is 5.32. The molecular weight excluding hydrogens is 292 g/mol. The molecule has 2 aromatic heterocycles. The Hall–Kier alpha value is -2.34. The predicted octanol–water partition coefficient (Wildman–Crippen LogP) is 2.49. The maximum atomic E-state index is 12.5. The average molecular weight is 305 g/mol. The van der Waals surface area contributed by atoms with Gasteiger partial charge in [0, 0.05) is 30.0 Å². The molecule has 1 amide bonds. The molecule has 21 heavy (non-hydrogen) atoms. The molecule has 0 radical (unpaired) electrons. The molecule has 3 rings (SSSR count). The lowest BCUT2D eigenvalue weighted by molar-refractivity contribution is 0.0771. The largest absolute Gasteiger partial charge is 0.343 e. The van der Waals surface area contributed by atoms with Gasteiger partial charge in [0.15, 0.2) is 5.82 Å². The van der Waals surface area contributed by atoms with Crippen LogP contribution in [0.5, 0.6) is 0 Å². The van der Waals surface area contributed by atoms with Crippen molar-refractivity contribution in [1.29, 1.82) is 0 Å². The molecule has 1 aromatic carbocycles. The first-order valence-electron chi connectivity index (χ1n) is 6.32. The van der Waals surface area contributed by atoms with Crippen molar-refractivity contribution in [3.8, 4) is 0 Å². The van der Waals surface area contributed by atoms with Crippen LogP contribution in [0.15, 0.2) is 35.2 Å². The lowest BCUT2D eigenvalue weighted by Crippen LogP contribution is -2.28. The minimum absolute atomic E-state index is 0.116. The number of hydrogen-bond donors (Lipinski definition) is 0. The van der Waals surface area contributed by atoms with Crippen LogP contribution in [0.25, 0.3) is 10.9 Å². The van der Waals surface area contributed by atoms with E-state index >= 15 is 0 Å². The fourth-order valence-electron chi connectivity index (χ4n) is 2.25. The third kappa shape index (κ3) is 2.50. The number of rotatable bonds is 3. The van der Waals surface area contributed by atoms with Crippen LogP contribution in [0, 0.1) is 0 Å². The molecule has 2 heterocycles. The lowest BCUT2D eigenvalue weighted by Gasteiger charge is -2.15. The molecule has 0 fully saturated rings. The maximum absolute atomic E-state index is 12.5. The van der Waals surface area contributed by atoms with E-state index in [0.717, 1.165) is 10.9 Å². The van der Waals surface area contributed by atoms with Crippen molar-refractivity contribution in [2.24, 2.45) is 7.05 Å². The average Bonchev–Trinajstić information content (AvgIpc) is 3.07. The van der Waals surface area contributed by atoms with Gasteiger partial charge in [0.1, 0.15) is 5.69 Å². The van der Waals surface area contributed by atoms with Crippen LogP contribution < -0.4 is 0 Å². The van der Waals surface area contributed by atoms with E-state index in [2.05, 4.69) is 14.7 Å². The molecule has 0 saturated carbocycles. The number of aromatic nitrogens is 3. The topological polar surface area (TPSA) is 64.2 Å². The van der Waals surface area contributed by atoms with Gasteiger partial charge in [0.2, 0.25) is 6.39 Å². The second-order valence-corrected chi connectivity index (χ2v) is 5.24. The molecule has 0 N–H and O–H groups in total. The fraction of sp³-hybridized carbons (Fsp3) is 0.214. The summed E-state index contributed by atoms with van der Waals surface area (Å²) in [7, 11) is 3.54. The molecule has 7 heteroatoms. The summed E-state index contributed by atoms with van der Waals surface area (Å²) < 4.78 is 6.50. The van der Waals surface area contributed by atoms with E-state index in [0.29, 0.717) is 16.5 Å². The van der Waals surface area contributed by atoms with E-state index in [1.165, 1.54) is 6.39 Å². The minimum Gasteiger partial charge on any atom is -0.343 e. The first-order valence-corrected chi connectivity index (χ1v) is 6.70. The van der Waals surface area contributed by atoms with Crippen LogP contribution in [-0.2, 0) is 13.6 Å². The van der Waals surface area contributed by atoms with Gasteiger partial charge in [-0.2, -0.15) is 4.98 Å². The Morgan fingerprint density at radius 3 is 2.95 bits per heavy atom. The van der Waals surface area contributed by atoms with Crippen LogP contribution >= 0.6 is 11.6 Å². The van der Waals surface area contributed by atoms with Crippen molar-refractivity contribution in [2.45, 2.75) is 6.54 Å². The first kappa shape index (κ1) is 13.6. The van der Waals surface area contributed by atoms with Crippen molar-refractivity contribution in [2.75, 3.05) is 7.05 Å². The zero-order valence-electron chi connectivity index (χ0n) is 11.6. The summed E-state index contributed by atoms with van der Waals surface area (Å²) in [6.45, 7) is 0.289. The second kappa shape index (κ2) is 5.21. The molecule has 0 atom stereocenters. The van der Waals surface area contributed by atoms with Gasteiger partial charge in [-0.15, -0.1) is 0 Å². The number of amides is 1. The molecular formula is C14H13ClN4O2. The molecule has 108 valence electrons. The monoisotopic (exact) mass is 304 g/mol. The highest BCUT2D eigenvalue weighted by atomic mass is 35.5. The maximum Gasteiger partial charge on any atom is 0.270 e. The number of aryl methyl sites for hydroxylation is 1. The summed E-state index contributed by atoms with van der Waals surface area (Å²) in [5.41, 5.74) is 1.50. The van der Waals surface area contributed by atoms with E-state index in [9.17, 15) is 4.79 Å². The number of carbonyl (C=O) groups is 1. The van der Waals surface area contributed by atoms with Crippen molar-refractivity contribution < 1.29 is 9.32 Å². The summed E-state index contributed by atoms with van der Waals surface area (Å²) in [6, 6.07) is 7.39. The van der Waals surface area contributed by atoms with Crippen molar-refractivity contribution in [3.05, 3.63) is 47.2 Å². The van der Waals surface area contributed by atoms with Crippen LogP contribution in [0.3, 0.4) is 0 Å². The number of nitrogens with zero attached hydrogens (tertiary/aromatic N) is 4. The van der Waals surface area contributed by atoms with Gasteiger partial charge >= 0.3 is 0 Å². The lowest BCUT2D eigenvalue weighted by atomic mass is 10.2. The smallest absolute Gasteiger partial charge is 0.270 e. The zero-order chi connectivity index (χ0) is 15.0. The van der Waals surface area contributed by atoms with Gasteiger partial charge in [-0.25, -0.2) is 0 Å². The van der Waals surface area contributed by atoms with Gasteiger partial charge < -0.3 is 14.0 Å². The highest BCUT2D eigenvalue weighted by Crippen LogP contribution is 2.23.